The van der Waals surface area contributed by atoms with Crippen molar-refractivity contribution in [3.05, 3.63) is 65.7 Å². The second kappa shape index (κ2) is 9.64. The van der Waals surface area contributed by atoms with Crippen LogP contribution in [0.2, 0.25) is 0 Å². The highest BCUT2D eigenvalue weighted by Gasteiger charge is 1.95. The zero-order chi connectivity index (χ0) is 16.3. The molecule has 0 saturated heterocycles. The Morgan fingerprint density at radius 3 is 2.52 bits per heavy atom. The molecular formula is C19H25N3O. The van der Waals surface area contributed by atoms with E-state index in [1.807, 2.05) is 42.5 Å². The van der Waals surface area contributed by atoms with Crippen LogP contribution < -0.4 is 11.1 Å². The number of nitrogens with two attached hydrogens (primary N) is 1. The van der Waals surface area contributed by atoms with Crippen molar-refractivity contribution in [1.82, 2.24) is 0 Å². The number of rotatable bonds is 8. The summed E-state index contributed by atoms with van der Waals surface area (Å²) in [5.74, 6) is 0.457. The summed E-state index contributed by atoms with van der Waals surface area (Å²) >= 11 is 0. The van der Waals surface area contributed by atoms with Crippen molar-refractivity contribution in [3.63, 3.8) is 0 Å². The molecule has 0 aliphatic carbocycles. The third-order valence-electron chi connectivity index (χ3n) is 3.41. The van der Waals surface area contributed by atoms with E-state index in [-0.39, 0.29) is 0 Å². The molecule has 23 heavy (non-hydrogen) atoms. The normalized spacial score (nSPS) is 11.4. The van der Waals surface area contributed by atoms with E-state index in [1.165, 1.54) is 11.1 Å². The third-order valence-corrected chi connectivity index (χ3v) is 3.41. The zero-order valence-corrected chi connectivity index (χ0v) is 13.7. The molecule has 0 aromatic heterocycles. The minimum atomic E-state index is 0.457. The smallest absolute Gasteiger partial charge is 0.193 e. The van der Waals surface area contributed by atoms with Gasteiger partial charge in [0, 0.05) is 18.8 Å². The van der Waals surface area contributed by atoms with Crippen molar-refractivity contribution < 1.29 is 4.74 Å². The standard InChI is InChI=1S/C19H25N3O/c1-16-9-11-18(12-10-16)22-19(20)21-13-5-6-14-23-15-17-7-3-2-4-8-17/h2-4,7-12H,5-6,13-15H2,1H3,(H3,20,21,22). The molecule has 0 spiro atoms. The number of benzene rings is 2. The van der Waals surface area contributed by atoms with Gasteiger partial charge in [-0.05, 0) is 37.5 Å². The van der Waals surface area contributed by atoms with E-state index in [0.717, 1.165) is 25.1 Å². The molecule has 122 valence electrons. The number of guanidine groups is 1. The SMILES string of the molecule is Cc1ccc(NC(N)=NCCCCOCc2ccccc2)cc1. The minimum absolute atomic E-state index is 0.457. The molecule has 2 aromatic rings. The van der Waals surface area contributed by atoms with Crippen LogP contribution >= 0.6 is 0 Å². The molecule has 2 aromatic carbocycles. The van der Waals surface area contributed by atoms with Crippen molar-refractivity contribution in [2.24, 2.45) is 10.7 Å². The molecule has 0 radical (unpaired) electrons. The van der Waals surface area contributed by atoms with E-state index in [0.29, 0.717) is 19.1 Å². The van der Waals surface area contributed by atoms with Gasteiger partial charge in [-0.1, -0.05) is 48.0 Å². The lowest BCUT2D eigenvalue weighted by Crippen LogP contribution is -2.22. The maximum Gasteiger partial charge on any atom is 0.193 e. The number of unbranched alkanes of at least 4 members (excludes halogenated alkanes) is 1. The molecular weight excluding hydrogens is 286 g/mol. The molecule has 0 saturated carbocycles. The molecule has 0 heterocycles. The lowest BCUT2D eigenvalue weighted by molar-refractivity contribution is 0.117. The molecule has 0 bridgehead atoms. The zero-order valence-electron chi connectivity index (χ0n) is 13.7. The first-order valence-electron chi connectivity index (χ1n) is 7.99. The number of ether oxygens (including phenoxy) is 1. The first-order chi connectivity index (χ1) is 11.2. The van der Waals surface area contributed by atoms with Gasteiger partial charge in [0.25, 0.3) is 0 Å². The van der Waals surface area contributed by atoms with E-state index in [4.69, 9.17) is 10.5 Å². The number of hydrogen-bond acceptors (Lipinski definition) is 2. The number of nitrogens with zero attached hydrogens (tertiary/aromatic N) is 1. The summed E-state index contributed by atoms with van der Waals surface area (Å²) in [7, 11) is 0. The van der Waals surface area contributed by atoms with Crippen molar-refractivity contribution in [2.45, 2.75) is 26.4 Å². The Bertz CT molecular complexity index is 594. The highest BCUT2D eigenvalue weighted by Crippen LogP contribution is 2.08. The van der Waals surface area contributed by atoms with Gasteiger partial charge in [-0.15, -0.1) is 0 Å². The predicted molar refractivity (Wildman–Crippen MR) is 96.6 cm³/mol. The van der Waals surface area contributed by atoms with Gasteiger partial charge in [-0.25, -0.2) is 0 Å². The fourth-order valence-electron chi connectivity index (χ4n) is 2.10. The number of anilines is 1. The van der Waals surface area contributed by atoms with Crippen LogP contribution in [0.5, 0.6) is 0 Å². The second-order valence-corrected chi connectivity index (χ2v) is 5.50. The summed E-state index contributed by atoms with van der Waals surface area (Å²) in [6, 6.07) is 18.3. The van der Waals surface area contributed by atoms with Gasteiger partial charge in [-0.3, -0.25) is 4.99 Å². The van der Waals surface area contributed by atoms with Crippen molar-refractivity contribution in [1.29, 1.82) is 0 Å². The van der Waals surface area contributed by atoms with Gasteiger partial charge in [0.1, 0.15) is 0 Å². The number of nitrogens with one attached hydrogen (secondary N) is 1. The highest BCUT2D eigenvalue weighted by molar-refractivity contribution is 5.92. The van der Waals surface area contributed by atoms with Crippen molar-refractivity contribution in [2.75, 3.05) is 18.5 Å². The van der Waals surface area contributed by atoms with Gasteiger partial charge in [0.05, 0.1) is 6.61 Å². The Morgan fingerprint density at radius 2 is 1.78 bits per heavy atom. The Balaban J connectivity index is 1.56. The van der Waals surface area contributed by atoms with Crippen LogP contribution in [-0.2, 0) is 11.3 Å². The van der Waals surface area contributed by atoms with Gasteiger partial charge in [-0.2, -0.15) is 0 Å². The van der Waals surface area contributed by atoms with Crippen LogP contribution in [0.25, 0.3) is 0 Å². The Labute approximate surface area is 138 Å². The number of aliphatic imine (C=N–C) groups is 1. The quantitative estimate of drug-likeness (QED) is 0.444. The first kappa shape index (κ1) is 17.0. The first-order valence-corrected chi connectivity index (χ1v) is 7.99. The fourth-order valence-corrected chi connectivity index (χ4v) is 2.10. The molecule has 0 aliphatic heterocycles. The topological polar surface area (TPSA) is 59.6 Å². The van der Waals surface area contributed by atoms with Crippen LogP contribution in [0.1, 0.15) is 24.0 Å². The van der Waals surface area contributed by atoms with Crippen LogP contribution in [-0.4, -0.2) is 19.1 Å². The molecule has 3 N–H and O–H groups in total. The fraction of sp³-hybridized carbons (Fsp3) is 0.316. The van der Waals surface area contributed by atoms with Crippen LogP contribution in [0.15, 0.2) is 59.6 Å². The van der Waals surface area contributed by atoms with Gasteiger partial charge >= 0.3 is 0 Å². The Morgan fingerprint density at radius 1 is 1.04 bits per heavy atom. The number of hydrogen-bond donors (Lipinski definition) is 2. The van der Waals surface area contributed by atoms with Crippen LogP contribution in [0.4, 0.5) is 5.69 Å². The Kier molecular flexibility index (Phi) is 7.14. The monoisotopic (exact) mass is 311 g/mol. The summed E-state index contributed by atoms with van der Waals surface area (Å²) in [5.41, 5.74) is 9.26. The lowest BCUT2D eigenvalue weighted by Gasteiger charge is -2.06. The summed E-state index contributed by atoms with van der Waals surface area (Å²) in [6.07, 6.45) is 1.94. The van der Waals surface area contributed by atoms with Gasteiger partial charge in [0.2, 0.25) is 0 Å². The van der Waals surface area contributed by atoms with E-state index < -0.39 is 0 Å². The third kappa shape index (κ3) is 6.98. The molecule has 4 heteroatoms. The summed E-state index contributed by atoms with van der Waals surface area (Å²) in [5, 5.41) is 3.09. The molecule has 0 atom stereocenters. The van der Waals surface area contributed by atoms with E-state index in [9.17, 15) is 0 Å². The summed E-state index contributed by atoms with van der Waals surface area (Å²) in [4.78, 5) is 4.33. The van der Waals surface area contributed by atoms with E-state index >= 15 is 0 Å². The number of aryl methyl sites for hydroxylation is 1. The summed E-state index contributed by atoms with van der Waals surface area (Å²) in [6.45, 7) is 4.18. The maximum atomic E-state index is 5.87. The van der Waals surface area contributed by atoms with E-state index in [1.54, 1.807) is 0 Å². The van der Waals surface area contributed by atoms with Crippen LogP contribution in [0, 0.1) is 6.92 Å². The molecule has 4 nitrogen and oxygen atoms in total. The maximum absolute atomic E-state index is 5.87. The van der Waals surface area contributed by atoms with Gasteiger partial charge in [0.15, 0.2) is 5.96 Å². The largest absolute Gasteiger partial charge is 0.377 e. The van der Waals surface area contributed by atoms with E-state index in [2.05, 4.69) is 29.4 Å². The average Bonchev–Trinajstić information content (AvgIpc) is 2.57. The Hall–Kier alpha value is -2.33. The van der Waals surface area contributed by atoms with Crippen LogP contribution in [0.3, 0.4) is 0 Å². The molecule has 2 rings (SSSR count). The molecule has 0 unspecified atom stereocenters. The minimum Gasteiger partial charge on any atom is -0.377 e. The molecule has 0 amide bonds. The highest BCUT2D eigenvalue weighted by atomic mass is 16.5. The lowest BCUT2D eigenvalue weighted by atomic mass is 10.2. The summed E-state index contributed by atoms with van der Waals surface area (Å²) < 4.78 is 5.64. The van der Waals surface area contributed by atoms with Crippen molar-refractivity contribution >= 4 is 11.6 Å². The molecule has 0 fully saturated rings. The molecule has 0 aliphatic rings. The van der Waals surface area contributed by atoms with Gasteiger partial charge < -0.3 is 15.8 Å². The predicted octanol–water partition coefficient (Wildman–Crippen LogP) is 3.72. The average molecular weight is 311 g/mol. The second-order valence-electron chi connectivity index (χ2n) is 5.50. The van der Waals surface area contributed by atoms with Crippen molar-refractivity contribution in [3.8, 4) is 0 Å².